The van der Waals surface area contributed by atoms with Gasteiger partial charge in [0, 0.05) is 7.05 Å². The Labute approximate surface area is 55.2 Å². The van der Waals surface area contributed by atoms with Gasteiger partial charge in [0.25, 0.3) is 0 Å². The summed E-state index contributed by atoms with van der Waals surface area (Å²) < 4.78 is 25.1. The SMILES string of the molecule is C=C[Si](F)(CC)N(C)F. The Bertz CT molecular complexity index is 107. The summed E-state index contributed by atoms with van der Waals surface area (Å²) in [6.45, 7) is 4.84. The second kappa shape index (κ2) is 3.08. The van der Waals surface area contributed by atoms with Crippen molar-refractivity contribution in [3.05, 3.63) is 12.3 Å². The van der Waals surface area contributed by atoms with Crippen molar-refractivity contribution in [3.63, 3.8) is 0 Å². The van der Waals surface area contributed by atoms with Crippen LogP contribution < -0.4 is 0 Å². The first-order valence-corrected chi connectivity index (χ1v) is 4.90. The van der Waals surface area contributed by atoms with E-state index < -0.39 is 8.57 Å². The molecule has 0 aromatic rings. The fraction of sp³-hybridized carbons (Fsp3) is 0.600. The van der Waals surface area contributed by atoms with Gasteiger partial charge < -0.3 is 0 Å². The second-order valence-electron chi connectivity index (χ2n) is 1.85. The average Bonchev–Trinajstić information content (AvgIpc) is 1.86. The fourth-order valence-corrected chi connectivity index (χ4v) is 1.46. The predicted molar refractivity (Wildman–Crippen MR) is 36.4 cm³/mol. The normalized spacial score (nSPS) is 17.4. The zero-order valence-corrected chi connectivity index (χ0v) is 6.69. The minimum Gasteiger partial charge on any atom is -0.285 e. The highest BCUT2D eigenvalue weighted by Crippen LogP contribution is 2.15. The van der Waals surface area contributed by atoms with Crippen LogP contribution in [0.1, 0.15) is 6.92 Å². The van der Waals surface area contributed by atoms with Crippen LogP contribution in [-0.4, -0.2) is 20.4 Å². The molecule has 1 atom stereocenters. The van der Waals surface area contributed by atoms with E-state index in [0.717, 1.165) is 12.7 Å². The van der Waals surface area contributed by atoms with E-state index in [0.29, 0.717) is 0 Å². The van der Waals surface area contributed by atoms with Crippen LogP contribution in [0.15, 0.2) is 12.3 Å². The Morgan fingerprint density at radius 2 is 2.22 bits per heavy atom. The molecule has 0 fully saturated rings. The Kier molecular flexibility index (Phi) is 3.00. The zero-order chi connectivity index (χ0) is 7.49. The van der Waals surface area contributed by atoms with E-state index in [9.17, 15) is 8.59 Å². The minimum atomic E-state index is -3.34. The van der Waals surface area contributed by atoms with Crippen molar-refractivity contribution >= 4 is 8.57 Å². The molecule has 0 aromatic carbocycles. The number of hydrogen-bond donors (Lipinski definition) is 0. The smallest absolute Gasteiger partial charge is 0.285 e. The molecular formula is C5H11F2NSi. The van der Waals surface area contributed by atoms with Gasteiger partial charge in [-0.2, -0.15) is 0 Å². The molecule has 0 rings (SSSR count). The molecule has 0 bridgehead atoms. The van der Waals surface area contributed by atoms with Gasteiger partial charge in [-0.1, -0.05) is 12.6 Å². The van der Waals surface area contributed by atoms with Crippen LogP contribution in [0.4, 0.5) is 8.59 Å². The zero-order valence-electron chi connectivity index (χ0n) is 5.69. The number of halogens is 2. The molecule has 0 spiro atoms. The van der Waals surface area contributed by atoms with Crippen LogP contribution in [0.5, 0.6) is 0 Å². The van der Waals surface area contributed by atoms with Gasteiger partial charge in [0.1, 0.15) is 0 Å². The molecule has 1 nitrogen and oxygen atoms in total. The lowest BCUT2D eigenvalue weighted by Gasteiger charge is -2.18. The predicted octanol–water partition coefficient (Wildman–Crippen LogP) is 1.96. The number of hydrogen-bond acceptors (Lipinski definition) is 1. The molecule has 0 saturated heterocycles. The van der Waals surface area contributed by atoms with Crippen molar-refractivity contribution in [2.24, 2.45) is 0 Å². The topological polar surface area (TPSA) is 3.24 Å². The van der Waals surface area contributed by atoms with Gasteiger partial charge in [-0.15, -0.1) is 15.8 Å². The van der Waals surface area contributed by atoms with Crippen LogP contribution in [0, 0.1) is 0 Å². The van der Waals surface area contributed by atoms with Gasteiger partial charge in [0.05, 0.1) is 0 Å². The van der Waals surface area contributed by atoms with Gasteiger partial charge >= 0.3 is 8.57 Å². The molecule has 0 saturated carbocycles. The van der Waals surface area contributed by atoms with Gasteiger partial charge in [-0.3, -0.25) is 4.11 Å². The summed E-state index contributed by atoms with van der Waals surface area (Å²) in [5.41, 5.74) is 1.09. The molecule has 0 aliphatic carbocycles. The molecule has 54 valence electrons. The van der Waals surface area contributed by atoms with E-state index >= 15 is 0 Å². The fourth-order valence-electron chi connectivity index (χ4n) is 0.488. The van der Waals surface area contributed by atoms with E-state index in [1.54, 1.807) is 6.92 Å². The first-order chi connectivity index (χ1) is 4.06. The maximum Gasteiger partial charge on any atom is 0.372 e. The Balaban J connectivity index is 4.08. The number of rotatable bonds is 3. The van der Waals surface area contributed by atoms with Crippen molar-refractivity contribution < 1.29 is 8.59 Å². The summed E-state index contributed by atoms with van der Waals surface area (Å²) in [6.07, 6.45) is 0. The molecule has 0 amide bonds. The highest BCUT2D eigenvalue weighted by Gasteiger charge is 2.34. The van der Waals surface area contributed by atoms with Crippen LogP contribution in [0.25, 0.3) is 0 Å². The molecule has 1 unspecified atom stereocenters. The van der Waals surface area contributed by atoms with Crippen LogP contribution >= 0.6 is 0 Å². The first-order valence-electron chi connectivity index (χ1n) is 2.79. The third kappa shape index (κ3) is 1.87. The largest absolute Gasteiger partial charge is 0.372 e. The molecule has 9 heavy (non-hydrogen) atoms. The van der Waals surface area contributed by atoms with Crippen LogP contribution in [-0.2, 0) is 0 Å². The lowest BCUT2D eigenvalue weighted by atomic mass is 11.0. The molecule has 0 heterocycles. The van der Waals surface area contributed by atoms with Crippen molar-refractivity contribution in [2.75, 3.05) is 7.05 Å². The van der Waals surface area contributed by atoms with Crippen molar-refractivity contribution in [1.29, 1.82) is 0 Å². The second-order valence-corrected chi connectivity index (χ2v) is 5.22. The van der Waals surface area contributed by atoms with E-state index in [1.807, 2.05) is 0 Å². The lowest BCUT2D eigenvalue weighted by Crippen LogP contribution is -2.40. The first kappa shape index (κ1) is 8.78. The summed E-state index contributed by atoms with van der Waals surface area (Å²) >= 11 is 0. The molecule has 0 N–H and O–H groups in total. The van der Waals surface area contributed by atoms with E-state index in [-0.39, 0.29) is 10.8 Å². The van der Waals surface area contributed by atoms with Gasteiger partial charge in [0.2, 0.25) is 0 Å². The Morgan fingerprint density at radius 3 is 2.22 bits per heavy atom. The molecular weight excluding hydrogens is 140 g/mol. The third-order valence-corrected chi connectivity index (χ3v) is 3.96. The van der Waals surface area contributed by atoms with Crippen molar-refractivity contribution in [2.45, 2.75) is 13.0 Å². The van der Waals surface area contributed by atoms with Gasteiger partial charge in [-0.25, -0.2) is 0 Å². The summed E-state index contributed by atoms with van der Waals surface area (Å²) in [4.78, 5) is 0.153. The van der Waals surface area contributed by atoms with E-state index in [2.05, 4.69) is 6.58 Å². The molecule has 0 aliphatic rings. The maximum absolute atomic E-state index is 12.9. The lowest BCUT2D eigenvalue weighted by molar-refractivity contribution is 0.149. The quantitative estimate of drug-likeness (QED) is 0.338. The van der Waals surface area contributed by atoms with Crippen molar-refractivity contribution in [3.8, 4) is 0 Å². The van der Waals surface area contributed by atoms with Crippen molar-refractivity contribution in [1.82, 2.24) is 4.79 Å². The summed E-state index contributed by atoms with van der Waals surface area (Å²) in [5, 5.41) is 0. The minimum absolute atomic E-state index is 0.153. The molecule has 0 radical (unpaired) electrons. The third-order valence-electron chi connectivity index (χ3n) is 1.32. The Morgan fingerprint density at radius 1 is 1.78 bits per heavy atom. The Hall–Kier alpha value is -0.223. The highest BCUT2D eigenvalue weighted by molar-refractivity contribution is 6.74. The summed E-state index contributed by atoms with van der Waals surface area (Å²) in [5.74, 6) is 0. The molecule has 0 aliphatic heterocycles. The van der Waals surface area contributed by atoms with E-state index in [4.69, 9.17) is 0 Å². The van der Waals surface area contributed by atoms with Crippen LogP contribution in [0.3, 0.4) is 0 Å². The maximum atomic E-state index is 12.9. The summed E-state index contributed by atoms with van der Waals surface area (Å²) in [6, 6.07) is 0.212. The van der Waals surface area contributed by atoms with Gasteiger partial charge in [-0.05, 0) is 6.04 Å². The number of nitrogens with zero attached hydrogens (tertiary/aromatic N) is 1. The molecule has 0 aromatic heterocycles. The monoisotopic (exact) mass is 151 g/mol. The average molecular weight is 151 g/mol. The molecule has 4 heteroatoms. The van der Waals surface area contributed by atoms with Crippen LogP contribution in [0.2, 0.25) is 6.04 Å². The van der Waals surface area contributed by atoms with Gasteiger partial charge in [0.15, 0.2) is 0 Å². The van der Waals surface area contributed by atoms with E-state index in [1.165, 1.54) is 0 Å². The summed E-state index contributed by atoms with van der Waals surface area (Å²) in [7, 11) is -2.25. The highest BCUT2D eigenvalue weighted by atomic mass is 28.4. The standard InChI is InChI=1S/C5H11F2NSi/c1-4-9(7,5-2)8(3)6/h4H,1,5H2,2-3H3.